The number of rotatable bonds is 3. The molecule has 15 heavy (non-hydrogen) atoms. The largest absolute Gasteiger partial charge is 0.480 e. The van der Waals surface area contributed by atoms with Gasteiger partial charge in [0.2, 0.25) is 0 Å². The first-order chi connectivity index (χ1) is 7.16. The van der Waals surface area contributed by atoms with Gasteiger partial charge in [0.05, 0.1) is 10.2 Å². The molecule has 4 nitrogen and oxygen atoms in total. The number of fused-ring (bicyclic) bond motifs is 1. The quantitative estimate of drug-likeness (QED) is 0.835. The second kappa shape index (κ2) is 3.86. The number of nitrogens with one attached hydrogen (secondary N) is 1. The number of benzene rings is 1. The minimum Gasteiger partial charge on any atom is -0.480 e. The van der Waals surface area contributed by atoms with E-state index in [0.29, 0.717) is 5.13 Å². The molecular weight excluding hydrogens is 212 g/mol. The summed E-state index contributed by atoms with van der Waals surface area (Å²) in [6.45, 7) is 1.59. The van der Waals surface area contributed by atoms with Crippen LogP contribution in [-0.4, -0.2) is 22.1 Å². The Balaban J connectivity index is 2.26. The van der Waals surface area contributed by atoms with Gasteiger partial charge in [0, 0.05) is 0 Å². The summed E-state index contributed by atoms with van der Waals surface area (Å²) < 4.78 is 1.05. The molecule has 78 valence electrons. The number of aromatic nitrogens is 1. The van der Waals surface area contributed by atoms with Gasteiger partial charge in [-0.3, -0.25) is 4.79 Å². The molecule has 1 atom stereocenters. The van der Waals surface area contributed by atoms with Crippen molar-refractivity contribution in [2.45, 2.75) is 13.0 Å². The van der Waals surface area contributed by atoms with Crippen LogP contribution in [0, 0.1) is 0 Å². The van der Waals surface area contributed by atoms with Crippen LogP contribution in [0.3, 0.4) is 0 Å². The van der Waals surface area contributed by atoms with Crippen LogP contribution >= 0.6 is 11.3 Å². The Bertz CT molecular complexity index is 462. The summed E-state index contributed by atoms with van der Waals surface area (Å²) in [6.07, 6.45) is 0. The van der Waals surface area contributed by atoms with Crippen molar-refractivity contribution in [3.8, 4) is 0 Å². The Morgan fingerprint density at radius 3 is 2.93 bits per heavy atom. The van der Waals surface area contributed by atoms with Crippen molar-refractivity contribution in [1.82, 2.24) is 4.98 Å². The highest BCUT2D eigenvalue weighted by molar-refractivity contribution is 7.22. The molecule has 2 N–H and O–H groups in total. The first kappa shape index (κ1) is 9.92. The summed E-state index contributed by atoms with van der Waals surface area (Å²) in [5.74, 6) is -0.880. The van der Waals surface area contributed by atoms with Gasteiger partial charge in [-0.25, -0.2) is 4.98 Å². The smallest absolute Gasteiger partial charge is 0.325 e. The van der Waals surface area contributed by atoms with Crippen molar-refractivity contribution in [2.75, 3.05) is 5.32 Å². The molecule has 2 rings (SSSR count). The number of carboxylic acids is 1. The van der Waals surface area contributed by atoms with Crippen LogP contribution in [0.2, 0.25) is 0 Å². The van der Waals surface area contributed by atoms with Crippen LogP contribution in [0.15, 0.2) is 24.3 Å². The van der Waals surface area contributed by atoms with E-state index < -0.39 is 12.0 Å². The van der Waals surface area contributed by atoms with Crippen LogP contribution in [0.1, 0.15) is 6.92 Å². The topological polar surface area (TPSA) is 62.2 Å². The zero-order chi connectivity index (χ0) is 10.8. The van der Waals surface area contributed by atoms with Gasteiger partial charge in [-0.1, -0.05) is 23.5 Å². The van der Waals surface area contributed by atoms with Crippen molar-refractivity contribution < 1.29 is 9.90 Å². The molecule has 0 fully saturated rings. The van der Waals surface area contributed by atoms with Gasteiger partial charge in [0.25, 0.3) is 0 Å². The van der Waals surface area contributed by atoms with E-state index in [4.69, 9.17) is 5.11 Å². The molecule has 0 bridgehead atoms. The molecule has 2 aromatic rings. The number of carbonyl (C=O) groups is 1. The third-order valence-electron chi connectivity index (χ3n) is 2.00. The van der Waals surface area contributed by atoms with E-state index in [9.17, 15) is 4.79 Å². The second-order valence-electron chi connectivity index (χ2n) is 3.19. The van der Waals surface area contributed by atoms with E-state index in [0.717, 1.165) is 10.2 Å². The molecule has 0 aliphatic rings. The fourth-order valence-corrected chi connectivity index (χ4v) is 2.13. The molecule has 1 heterocycles. The maximum absolute atomic E-state index is 10.6. The standard InChI is InChI=1S/C10H10N2O2S/c1-6(9(13)14)11-10-12-7-4-2-3-5-8(7)15-10/h2-6H,1H3,(H,11,12)(H,13,14). The maximum Gasteiger partial charge on any atom is 0.325 e. The Labute approximate surface area is 90.6 Å². The molecule has 1 aromatic carbocycles. The number of carboxylic acid groups (broad SMARTS) is 1. The zero-order valence-corrected chi connectivity index (χ0v) is 8.91. The van der Waals surface area contributed by atoms with Gasteiger partial charge < -0.3 is 10.4 Å². The van der Waals surface area contributed by atoms with Crippen LogP contribution in [-0.2, 0) is 4.79 Å². The lowest BCUT2D eigenvalue weighted by molar-refractivity contribution is -0.137. The van der Waals surface area contributed by atoms with Crippen molar-refractivity contribution >= 4 is 32.7 Å². The first-order valence-corrected chi connectivity index (χ1v) is 5.33. The molecule has 0 saturated heterocycles. The summed E-state index contributed by atoms with van der Waals surface area (Å²) in [6, 6.07) is 7.09. The molecule has 1 aromatic heterocycles. The van der Waals surface area contributed by atoms with E-state index in [2.05, 4.69) is 10.3 Å². The van der Waals surface area contributed by atoms with Crippen LogP contribution in [0.4, 0.5) is 5.13 Å². The number of hydrogen-bond donors (Lipinski definition) is 2. The summed E-state index contributed by atoms with van der Waals surface area (Å²) in [5, 5.41) is 12.2. The Morgan fingerprint density at radius 1 is 1.53 bits per heavy atom. The van der Waals surface area contributed by atoms with Crippen LogP contribution in [0.5, 0.6) is 0 Å². The lowest BCUT2D eigenvalue weighted by Crippen LogP contribution is -2.25. The number of thiazole rings is 1. The minimum atomic E-state index is -0.880. The predicted octanol–water partition coefficient (Wildman–Crippen LogP) is 2.18. The normalized spacial score (nSPS) is 12.6. The third-order valence-corrected chi connectivity index (χ3v) is 2.97. The van der Waals surface area contributed by atoms with Crippen molar-refractivity contribution in [2.24, 2.45) is 0 Å². The van der Waals surface area contributed by atoms with E-state index in [1.165, 1.54) is 11.3 Å². The molecule has 0 radical (unpaired) electrons. The lowest BCUT2D eigenvalue weighted by atomic mass is 10.3. The van der Waals surface area contributed by atoms with Gasteiger partial charge in [-0.05, 0) is 19.1 Å². The summed E-state index contributed by atoms with van der Waals surface area (Å²) >= 11 is 1.46. The average Bonchev–Trinajstić information content (AvgIpc) is 2.59. The number of aliphatic carboxylic acids is 1. The Kier molecular flexibility index (Phi) is 2.55. The molecule has 0 aliphatic heterocycles. The fraction of sp³-hybridized carbons (Fsp3) is 0.200. The summed E-state index contributed by atoms with van der Waals surface area (Å²) in [5.41, 5.74) is 0.891. The lowest BCUT2D eigenvalue weighted by Gasteiger charge is -2.05. The fourth-order valence-electron chi connectivity index (χ4n) is 1.18. The Hall–Kier alpha value is -1.62. The van der Waals surface area contributed by atoms with Gasteiger partial charge >= 0.3 is 5.97 Å². The van der Waals surface area contributed by atoms with E-state index in [1.807, 2.05) is 24.3 Å². The van der Waals surface area contributed by atoms with E-state index in [-0.39, 0.29) is 0 Å². The van der Waals surface area contributed by atoms with Gasteiger partial charge in [-0.2, -0.15) is 0 Å². The monoisotopic (exact) mass is 222 g/mol. The molecule has 0 aliphatic carbocycles. The van der Waals surface area contributed by atoms with Crippen LogP contribution in [0.25, 0.3) is 10.2 Å². The third kappa shape index (κ3) is 2.07. The molecule has 5 heteroatoms. The van der Waals surface area contributed by atoms with Gasteiger partial charge in [0.15, 0.2) is 5.13 Å². The van der Waals surface area contributed by atoms with Crippen molar-refractivity contribution in [1.29, 1.82) is 0 Å². The Morgan fingerprint density at radius 2 is 2.27 bits per heavy atom. The predicted molar refractivity (Wildman–Crippen MR) is 60.3 cm³/mol. The highest BCUT2D eigenvalue weighted by Crippen LogP contribution is 2.25. The number of hydrogen-bond acceptors (Lipinski definition) is 4. The summed E-state index contributed by atoms with van der Waals surface area (Å²) in [7, 11) is 0. The molecule has 0 saturated carbocycles. The van der Waals surface area contributed by atoms with E-state index >= 15 is 0 Å². The van der Waals surface area contributed by atoms with Crippen molar-refractivity contribution in [3.05, 3.63) is 24.3 Å². The molecule has 0 amide bonds. The second-order valence-corrected chi connectivity index (χ2v) is 4.22. The summed E-state index contributed by atoms with van der Waals surface area (Å²) in [4.78, 5) is 14.9. The molecular formula is C10H10N2O2S. The SMILES string of the molecule is CC(Nc1nc2ccccc2s1)C(=O)O. The number of para-hydroxylation sites is 1. The first-order valence-electron chi connectivity index (χ1n) is 4.52. The maximum atomic E-state index is 10.6. The highest BCUT2D eigenvalue weighted by atomic mass is 32.1. The van der Waals surface area contributed by atoms with E-state index in [1.54, 1.807) is 6.92 Å². The average molecular weight is 222 g/mol. The number of anilines is 1. The van der Waals surface area contributed by atoms with Gasteiger partial charge in [0.1, 0.15) is 6.04 Å². The van der Waals surface area contributed by atoms with Gasteiger partial charge in [-0.15, -0.1) is 0 Å². The minimum absolute atomic E-state index is 0.620. The van der Waals surface area contributed by atoms with Crippen LogP contribution < -0.4 is 5.32 Å². The molecule has 1 unspecified atom stereocenters. The molecule has 0 spiro atoms. The number of nitrogens with zero attached hydrogens (tertiary/aromatic N) is 1. The van der Waals surface area contributed by atoms with Crippen molar-refractivity contribution in [3.63, 3.8) is 0 Å². The highest BCUT2D eigenvalue weighted by Gasteiger charge is 2.12. The zero-order valence-electron chi connectivity index (χ0n) is 8.10.